The highest BCUT2D eigenvalue weighted by molar-refractivity contribution is 9.10. The van der Waals surface area contributed by atoms with Gasteiger partial charge in [0.15, 0.2) is 0 Å². The Morgan fingerprint density at radius 2 is 1.82 bits per heavy atom. The summed E-state index contributed by atoms with van der Waals surface area (Å²) in [7, 11) is 0. The zero-order valence-electron chi connectivity index (χ0n) is 8.93. The molecule has 4 nitrogen and oxygen atoms in total. The molecule has 2 heterocycles. The van der Waals surface area contributed by atoms with Crippen molar-refractivity contribution >= 4 is 33.4 Å². The molecule has 1 aromatic rings. The van der Waals surface area contributed by atoms with Crippen molar-refractivity contribution in [3.05, 3.63) is 28.7 Å². The van der Waals surface area contributed by atoms with Gasteiger partial charge in [0.25, 0.3) is 11.8 Å². The first-order chi connectivity index (χ1) is 8.16. The number of hydrogen-bond donors (Lipinski definition) is 0. The second-order valence-corrected chi connectivity index (χ2v) is 5.10. The van der Waals surface area contributed by atoms with Gasteiger partial charge in [0.2, 0.25) is 0 Å². The van der Waals surface area contributed by atoms with Crippen molar-refractivity contribution in [1.82, 2.24) is 0 Å². The van der Waals surface area contributed by atoms with Crippen molar-refractivity contribution in [3.63, 3.8) is 0 Å². The van der Waals surface area contributed by atoms with Gasteiger partial charge in [-0.25, -0.2) is 4.90 Å². The quantitative estimate of drug-likeness (QED) is 0.743. The van der Waals surface area contributed by atoms with Crippen LogP contribution < -0.4 is 4.90 Å². The first-order valence-electron chi connectivity index (χ1n) is 5.45. The summed E-state index contributed by atoms with van der Waals surface area (Å²) in [5, 5.41) is 0. The molecule has 2 aliphatic rings. The minimum Gasteiger partial charge on any atom is -0.355 e. The fourth-order valence-corrected chi connectivity index (χ4v) is 2.65. The van der Waals surface area contributed by atoms with E-state index in [4.69, 9.17) is 4.74 Å². The standard InChI is InChI=1S/C12H10BrNO3/c13-7-2-1-3-8(6-7)14-11(15)9-4-5-10(17-9)12(14)16/h1-3,6,9-10H,4-5H2. The van der Waals surface area contributed by atoms with E-state index in [1.807, 2.05) is 6.07 Å². The summed E-state index contributed by atoms with van der Waals surface area (Å²) >= 11 is 3.33. The Bertz CT molecular complexity index is 480. The Kier molecular flexibility index (Phi) is 2.52. The number of halogens is 1. The van der Waals surface area contributed by atoms with Crippen LogP contribution in [0.3, 0.4) is 0 Å². The summed E-state index contributed by atoms with van der Waals surface area (Å²) in [6.07, 6.45) is 0.382. The molecule has 17 heavy (non-hydrogen) atoms. The van der Waals surface area contributed by atoms with Crippen LogP contribution in [-0.4, -0.2) is 24.0 Å². The van der Waals surface area contributed by atoms with Crippen molar-refractivity contribution in [2.24, 2.45) is 0 Å². The Labute approximate surface area is 107 Å². The van der Waals surface area contributed by atoms with E-state index in [2.05, 4.69) is 15.9 Å². The van der Waals surface area contributed by atoms with Crippen LogP contribution >= 0.6 is 15.9 Å². The number of carbonyl (C=O) groups excluding carboxylic acids is 2. The van der Waals surface area contributed by atoms with E-state index in [9.17, 15) is 9.59 Å². The molecular formula is C12H10BrNO3. The van der Waals surface area contributed by atoms with Crippen LogP contribution in [0.4, 0.5) is 5.69 Å². The van der Waals surface area contributed by atoms with Gasteiger partial charge >= 0.3 is 0 Å². The maximum Gasteiger partial charge on any atom is 0.262 e. The van der Waals surface area contributed by atoms with Gasteiger partial charge in [-0.2, -0.15) is 0 Å². The monoisotopic (exact) mass is 295 g/mol. The van der Waals surface area contributed by atoms with Crippen molar-refractivity contribution < 1.29 is 14.3 Å². The lowest BCUT2D eigenvalue weighted by molar-refractivity contribution is -0.146. The van der Waals surface area contributed by atoms with Crippen LogP contribution in [-0.2, 0) is 14.3 Å². The predicted molar refractivity (Wildman–Crippen MR) is 64.5 cm³/mol. The van der Waals surface area contributed by atoms with E-state index in [0.717, 1.165) is 4.47 Å². The minimum atomic E-state index is -0.448. The molecule has 2 bridgehead atoms. The fraction of sp³-hybridized carbons (Fsp3) is 0.333. The lowest BCUT2D eigenvalue weighted by atomic mass is 10.2. The molecule has 0 saturated carbocycles. The zero-order chi connectivity index (χ0) is 12.0. The van der Waals surface area contributed by atoms with Crippen LogP contribution in [0.5, 0.6) is 0 Å². The predicted octanol–water partition coefficient (Wildman–Crippen LogP) is 1.87. The number of benzene rings is 1. The number of ether oxygens (including phenoxy) is 1. The molecule has 0 radical (unpaired) electrons. The summed E-state index contributed by atoms with van der Waals surface area (Å²) in [5.41, 5.74) is 0.606. The van der Waals surface area contributed by atoms with Gasteiger partial charge in [0.05, 0.1) is 5.69 Å². The second kappa shape index (κ2) is 3.92. The number of hydrogen-bond acceptors (Lipinski definition) is 3. The molecule has 2 aliphatic heterocycles. The number of fused-ring (bicyclic) bond motifs is 2. The smallest absolute Gasteiger partial charge is 0.262 e. The number of nitrogens with zero attached hydrogens (tertiary/aromatic N) is 1. The van der Waals surface area contributed by atoms with Crippen LogP contribution in [0, 0.1) is 0 Å². The lowest BCUT2D eigenvalue weighted by Crippen LogP contribution is -2.52. The Hall–Kier alpha value is -1.20. The van der Waals surface area contributed by atoms with E-state index in [1.165, 1.54) is 4.90 Å². The molecule has 2 saturated heterocycles. The molecule has 2 fully saturated rings. The van der Waals surface area contributed by atoms with Gasteiger partial charge in [-0.1, -0.05) is 22.0 Å². The SMILES string of the molecule is O=C1C2CCC(O2)C(=O)N1c1cccc(Br)c1. The third-order valence-corrected chi connectivity index (χ3v) is 3.57. The second-order valence-electron chi connectivity index (χ2n) is 4.18. The van der Waals surface area contributed by atoms with Crippen molar-refractivity contribution in [2.75, 3.05) is 4.90 Å². The maximum atomic E-state index is 12.1. The average molecular weight is 296 g/mol. The normalized spacial score (nSPS) is 27.7. The van der Waals surface area contributed by atoms with E-state index < -0.39 is 12.2 Å². The van der Waals surface area contributed by atoms with Crippen LogP contribution in [0.15, 0.2) is 28.7 Å². The average Bonchev–Trinajstić information content (AvgIpc) is 2.74. The first-order valence-corrected chi connectivity index (χ1v) is 6.25. The number of anilines is 1. The van der Waals surface area contributed by atoms with E-state index in [0.29, 0.717) is 18.5 Å². The Balaban J connectivity index is 2.02. The van der Waals surface area contributed by atoms with E-state index >= 15 is 0 Å². The molecule has 3 rings (SSSR count). The Morgan fingerprint density at radius 3 is 2.41 bits per heavy atom. The number of rotatable bonds is 1. The molecule has 88 valence electrons. The van der Waals surface area contributed by atoms with E-state index in [-0.39, 0.29) is 11.8 Å². The minimum absolute atomic E-state index is 0.248. The van der Waals surface area contributed by atoms with Gasteiger partial charge < -0.3 is 4.74 Å². The molecule has 0 aromatic heterocycles. The van der Waals surface area contributed by atoms with Gasteiger partial charge in [-0.05, 0) is 31.0 Å². The number of imide groups is 1. The molecule has 2 amide bonds. The van der Waals surface area contributed by atoms with Crippen molar-refractivity contribution in [2.45, 2.75) is 25.0 Å². The highest BCUT2D eigenvalue weighted by Crippen LogP contribution is 2.32. The summed E-state index contributed by atoms with van der Waals surface area (Å²) in [4.78, 5) is 25.4. The van der Waals surface area contributed by atoms with Gasteiger partial charge in [0.1, 0.15) is 12.2 Å². The third kappa shape index (κ3) is 1.70. The Morgan fingerprint density at radius 1 is 1.18 bits per heavy atom. The topological polar surface area (TPSA) is 46.6 Å². The number of carbonyl (C=O) groups is 2. The molecule has 0 N–H and O–H groups in total. The van der Waals surface area contributed by atoms with Gasteiger partial charge in [0, 0.05) is 4.47 Å². The van der Waals surface area contributed by atoms with Crippen molar-refractivity contribution in [3.8, 4) is 0 Å². The highest BCUT2D eigenvalue weighted by Gasteiger charge is 2.47. The molecule has 2 unspecified atom stereocenters. The van der Waals surface area contributed by atoms with Crippen molar-refractivity contribution in [1.29, 1.82) is 0 Å². The van der Waals surface area contributed by atoms with Gasteiger partial charge in [-0.15, -0.1) is 0 Å². The summed E-state index contributed by atoms with van der Waals surface area (Å²) in [6.45, 7) is 0. The molecule has 0 spiro atoms. The molecule has 0 aliphatic carbocycles. The van der Waals surface area contributed by atoms with Crippen LogP contribution in [0.25, 0.3) is 0 Å². The molecule has 5 heteroatoms. The fourth-order valence-electron chi connectivity index (χ4n) is 2.27. The van der Waals surface area contributed by atoms with Crippen LogP contribution in [0.1, 0.15) is 12.8 Å². The van der Waals surface area contributed by atoms with E-state index in [1.54, 1.807) is 18.2 Å². The molecular weight excluding hydrogens is 286 g/mol. The lowest BCUT2D eigenvalue weighted by Gasteiger charge is -2.29. The third-order valence-electron chi connectivity index (χ3n) is 3.08. The maximum absolute atomic E-state index is 12.1. The first kappa shape index (κ1) is 10.9. The summed E-state index contributed by atoms with van der Waals surface area (Å²) < 4.78 is 6.19. The zero-order valence-corrected chi connectivity index (χ0v) is 10.5. The van der Waals surface area contributed by atoms with Crippen LogP contribution in [0.2, 0.25) is 0 Å². The largest absolute Gasteiger partial charge is 0.355 e. The summed E-state index contributed by atoms with van der Waals surface area (Å²) in [6, 6.07) is 7.18. The highest BCUT2D eigenvalue weighted by atomic mass is 79.9. The molecule has 1 aromatic carbocycles. The summed E-state index contributed by atoms with van der Waals surface area (Å²) in [5.74, 6) is -0.497. The number of amides is 2. The number of morpholine rings is 1. The molecule has 2 atom stereocenters. The van der Waals surface area contributed by atoms with Gasteiger partial charge in [-0.3, -0.25) is 9.59 Å².